The number of rotatable bonds is 1. The van der Waals surface area contributed by atoms with Crippen LogP contribution in [-0.2, 0) is 0 Å². The summed E-state index contributed by atoms with van der Waals surface area (Å²) in [7, 11) is 0. The van der Waals surface area contributed by atoms with Gasteiger partial charge in [0.1, 0.15) is 0 Å². The van der Waals surface area contributed by atoms with E-state index in [1.54, 1.807) is 0 Å². The van der Waals surface area contributed by atoms with Gasteiger partial charge < -0.3 is 4.57 Å². The van der Waals surface area contributed by atoms with Crippen LogP contribution in [0.5, 0.6) is 0 Å². The summed E-state index contributed by atoms with van der Waals surface area (Å²) in [4.78, 5) is 0. The quantitative estimate of drug-likeness (QED) is 0.346. The predicted molar refractivity (Wildman–Crippen MR) is 102 cm³/mol. The molecule has 0 bridgehead atoms. The Balaban J connectivity index is 1.93. The maximum Gasteiger partial charge on any atom is 0.0607 e. The second-order valence-corrected chi connectivity index (χ2v) is 6.49. The number of hydrogen-bond acceptors (Lipinski definition) is 0. The summed E-state index contributed by atoms with van der Waals surface area (Å²) in [6, 6.07) is 25.2. The Kier molecular flexibility index (Phi) is 2.91. The van der Waals surface area contributed by atoms with Crippen LogP contribution in [0.15, 0.2) is 79.0 Å². The van der Waals surface area contributed by atoms with E-state index in [1.807, 2.05) is 18.2 Å². The highest BCUT2D eigenvalue weighted by Crippen LogP contribution is 2.38. The molecule has 0 radical (unpaired) electrons. The normalized spacial score (nSPS) is 12.6. The summed E-state index contributed by atoms with van der Waals surface area (Å²) < 4.78 is 2.29. The lowest BCUT2D eigenvalue weighted by Gasteiger charge is -2.10. The van der Waals surface area contributed by atoms with Crippen LogP contribution in [0.1, 0.15) is 16.7 Å². The Labute approximate surface area is 145 Å². The molecular formula is C22H14ClN. The average molecular weight is 328 g/mol. The largest absolute Gasteiger partial charge is 0.315 e. The van der Waals surface area contributed by atoms with Gasteiger partial charge in [0.05, 0.1) is 11.2 Å². The van der Waals surface area contributed by atoms with Gasteiger partial charge >= 0.3 is 0 Å². The van der Waals surface area contributed by atoms with E-state index in [-0.39, 0.29) is 0 Å². The molecule has 2 heteroatoms. The molecule has 0 saturated heterocycles. The monoisotopic (exact) mass is 327 g/mol. The second kappa shape index (κ2) is 5.12. The van der Waals surface area contributed by atoms with Crippen LogP contribution in [-0.4, -0.2) is 4.57 Å². The van der Waals surface area contributed by atoms with Gasteiger partial charge in [0.15, 0.2) is 0 Å². The molecule has 0 spiro atoms. The molecule has 0 aliphatic carbocycles. The van der Waals surface area contributed by atoms with E-state index in [2.05, 4.69) is 71.4 Å². The zero-order valence-corrected chi connectivity index (χ0v) is 13.7. The standard InChI is InChI=1S/C22H14ClN/c23-18-8-3-7-16(13-18)20-14-17-5-1-2-10-21(17)24-12-11-15-6-4-9-19(20)22(15)24/h1-14H. The average Bonchev–Trinajstić information content (AvgIpc) is 2.98. The number of fused-ring (bicyclic) bond motifs is 2. The third-order valence-corrected chi connectivity index (χ3v) is 4.87. The fourth-order valence-electron chi connectivity index (χ4n) is 3.57. The lowest BCUT2D eigenvalue weighted by Crippen LogP contribution is -1.94. The molecule has 0 fully saturated rings. The van der Waals surface area contributed by atoms with Crippen LogP contribution >= 0.6 is 11.6 Å². The Morgan fingerprint density at radius 1 is 0.792 bits per heavy atom. The molecule has 3 aromatic carbocycles. The molecular weight excluding hydrogens is 314 g/mol. The Bertz CT molecular complexity index is 1120. The molecule has 0 unspecified atom stereocenters. The van der Waals surface area contributed by atoms with Gasteiger partial charge in [-0.15, -0.1) is 0 Å². The minimum atomic E-state index is 0.758. The first-order valence-corrected chi connectivity index (χ1v) is 8.36. The predicted octanol–water partition coefficient (Wildman–Crippen LogP) is 6.19. The third kappa shape index (κ3) is 1.95. The van der Waals surface area contributed by atoms with Gasteiger partial charge in [0.2, 0.25) is 0 Å². The van der Waals surface area contributed by atoms with Gasteiger partial charge in [-0.2, -0.15) is 0 Å². The number of halogens is 1. The van der Waals surface area contributed by atoms with Crippen molar-refractivity contribution in [2.24, 2.45) is 0 Å². The van der Waals surface area contributed by atoms with Crippen molar-refractivity contribution in [3.05, 3.63) is 101 Å². The summed E-state index contributed by atoms with van der Waals surface area (Å²) in [6.45, 7) is 0. The van der Waals surface area contributed by atoms with Crippen molar-refractivity contribution < 1.29 is 0 Å². The van der Waals surface area contributed by atoms with E-state index >= 15 is 0 Å². The van der Waals surface area contributed by atoms with Crippen LogP contribution in [0.25, 0.3) is 28.2 Å². The molecule has 2 heterocycles. The summed E-state index contributed by atoms with van der Waals surface area (Å²) in [5.41, 5.74) is 7.23. The lowest BCUT2D eigenvalue weighted by atomic mass is 9.95. The Morgan fingerprint density at radius 3 is 2.58 bits per heavy atom. The van der Waals surface area contributed by atoms with Crippen LogP contribution in [0.4, 0.5) is 0 Å². The molecule has 1 aromatic heterocycles. The topological polar surface area (TPSA) is 4.93 Å². The number of hydrogen-bond donors (Lipinski definition) is 0. The molecule has 1 aliphatic heterocycles. The molecule has 1 nitrogen and oxygen atoms in total. The lowest BCUT2D eigenvalue weighted by molar-refractivity contribution is 1.12. The number of benzene rings is 3. The van der Waals surface area contributed by atoms with Crippen molar-refractivity contribution in [2.75, 3.05) is 0 Å². The smallest absolute Gasteiger partial charge is 0.0607 e. The minimum Gasteiger partial charge on any atom is -0.315 e. The Hall–Kier alpha value is -2.77. The fourth-order valence-corrected chi connectivity index (χ4v) is 3.76. The first kappa shape index (κ1) is 13.6. The highest BCUT2D eigenvalue weighted by Gasteiger charge is 2.18. The van der Waals surface area contributed by atoms with E-state index in [9.17, 15) is 0 Å². The molecule has 0 amide bonds. The molecule has 0 saturated carbocycles. The van der Waals surface area contributed by atoms with Gasteiger partial charge in [-0.25, -0.2) is 0 Å². The van der Waals surface area contributed by atoms with Crippen LogP contribution in [0.3, 0.4) is 0 Å². The van der Waals surface area contributed by atoms with Gasteiger partial charge in [0.25, 0.3) is 0 Å². The van der Waals surface area contributed by atoms with Gasteiger partial charge in [-0.1, -0.05) is 60.1 Å². The van der Waals surface area contributed by atoms with Crippen molar-refractivity contribution in [2.45, 2.75) is 0 Å². The highest BCUT2D eigenvalue weighted by molar-refractivity contribution is 6.30. The molecule has 4 aromatic rings. The van der Waals surface area contributed by atoms with Crippen molar-refractivity contribution in [1.29, 1.82) is 0 Å². The highest BCUT2D eigenvalue weighted by atomic mass is 35.5. The molecule has 0 atom stereocenters. The van der Waals surface area contributed by atoms with E-state index in [0.29, 0.717) is 0 Å². The summed E-state index contributed by atoms with van der Waals surface area (Å²) in [5, 5.41) is 2.01. The molecule has 5 rings (SSSR count). The maximum absolute atomic E-state index is 6.25. The first-order valence-electron chi connectivity index (χ1n) is 7.99. The minimum absolute atomic E-state index is 0.758. The number of nitrogens with zero attached hydrogens (tertiary/aromatic N) is 1. The zero-order valence-electron chi connectivity index (χ0n) is 12.9. The van der Waals surface area contributed by atoms with E-state index < -0.39 is 0 Å². The fraction of sp³-hybridized carbons (Fsp3) is 0. The summed E-state index contributed by atoms with van der Waals surface area (Å²) in [5.74, 6) is 0. The SMILES string of the molecule is Clc1cccc(C2=Cc3ccccc3-n3ccc4cccc2c43)c1. The van der Waals surface area contributed by atoms with Crippen molar-refractivity contribution in [3.8, 4) is 5.69 Å². The van der Waals surface area contributed by atoms with Crippen molar-refractivity contribution in [3.63, 3.8) is 0 Å². The van der Waals surface area contributed by atoms with E-state index in [0.717, 1.165) is 10.6 Å². The summed E-state index contributed by atoms with van der Waals surface area (Å²) in [6.07, 6.45) is 4.42. The first-order chi connectivity index (χ1) is 11.8. The molecule has 114 valence electrons. The molecule has 0 N–H and O–H groups in total. The van der Waals surface area contributed by atoms with Gasteiger partial charge in [-0.3, -0.25) is 0 Å². The van der Waals surface area contributed by atoms with E-state index in [4.69, 9.17) is 11.6 Å². The molecule has 24 heavy (non-hydrogen) atoms. The van der Waals surface area contributed by atoms with Crippen molar-refractivity contribution >= 4 is 34.2 Å². The second-order valence-electron chi connectivity index (χ2n) is 6.06. The molecule has 1 aliphatic rings. The Morgan fingerprint density at radius 2 is 1.67 bits per heavy atom. The number of para-hydroxylation sites is 2. The van der Waals surface area contributed by atoms with Gasteiger partial charge in [0, 0.05) is 22.2 Å². The van der Waals surface area contributed by atoms with Crippen LogP contribution in [0, 0.1) is 0 Å². The van der Waals surface area contributed by atoms with Gasteiger partial charge in [-0.05, 0) is 47.0 Å². The maximum atomic E-state index is 6.25. The number of aromatic nitrogens is 1. The van der Waals surface area contributed by atoms with Crippen molar-refractivity contribution in [1.82, 2.24) is 4.57 Å². The summed E-state index contributed by atoms with van der Waals surface area (Å²) >= 11 is 6.25. The third-order valence-electron chi connectivity index (χ3n) is 4.63. The zero-order chi connectivity index (χ0) is 16.1. The van der Waals surface area contributed by atoms with E-state index in [1.165, 1.54) is 33.3 Å². The van der Waals surface area contributed by atoms with Crippen LogP contribution in [0.2, 0.25) is 5.02 Å². The van der Waals surface area contributed by atoms with Crippen LogP contribution < -0.4 is 0 Å².